The molecule has 3 rings (SSSR count). The van der Waals surface area contributed by atoms with Crippen molar-refractivity contribution in [3.8, 4) is 0 Å². The molecule has 0 radical (unpaired) electrons. The molecule has 0 bridgehead atoms. The highest BCUT2D eigenvalue weighted by Crippen LogP contribution is 2.30. The SMILES string of the molecule is O=C(C[C@H]1CCS(=O)(=O)C1)N/N=C1/CCCC[C@H]1c1ccccc1. The predicted molar refractivity (Wildman–Crippen MR) is 94.6 cm³/mol. The van der Waals surface area contributed by atoms with Gasteiger partial charge in [-0.15, -0.1) is 0 Å². The Morgan fingerprint density at radius 1 is 1.17 bits per heavy atom. The maximum atomic E-state index is 12.1. The van der Waals surface area contributed by atoms with Crippen LogP contribution in [0.4, 0.5) is 0 Å². The van der Waals surface area contributed by atoms with Gasteiger partial charge in [-0.05, 0) is 37.2 Å². The van der Waals surface area contributed by atoms with E-state index in [1.165, 1.54) is 12.0 Å². The van der Waals surface area contributed by atoms with Gasteiger partial charge in [0.2, 0.25) is 5.91 Å². The third-order valence-corrected chi connectivity index (χ3v) is 6.74. The van der Waals surface area contributed by atoms with Crippen molar-refractivity contribution in [3.05, 3.63) is 35.9 Å². The number of benzene rings is 1. The van der Waals surface area contributed by atoms with Crippen LogP contribution in [0.25, 0.3) is 0 Å². The van der Waals surface area contributed by atoms with E-state index in [2.05, 4.69) is 22.7 Å². The minimum absolute atomic E-state index is 0.0634. The highest BCUT2D eigenvalue weighted by molar-refractivity contribution is 7.91. The van der Waals surface area contributed by atoms with E-state index in [0.717, 1.165) is 25.0 Å². The summed E-state index contributed by atoms with van der Waals surface area (Å²) < 4.78 is 22.9. The lowest BCUT2D eigenvalue weighted by molar-refractivity contribution is -0.121. The Kier molecular flexibility index (Phi) is 5.33. The molecule has 5 nitrogen and oxygen atoms in total. The van der Waals surface area contributed by atoms with E-state index in [1.807, 2.05) is 18.2 Å². The van der Waals surface area contributed by atoms with Crippen molar-refractivity contribution in [2.24, 2.45) is 11.0 Å². The molecular formula is C18H24N2O3S. The van der Waals surface area contributed by atoms with Crippen LogP contribution >= 0.6 is 0 Å². The molecule has 1 aliphatic carbocycles. The van der Waals surface area contributed by atoms with Gasteiger partial charge in [-0.1, -0.05) is 36.8 Å². The van der Waals surface area contributed by atoms with Gasteiger partial charge in [-0.3, -0.25) is 4.79 Å². The molecule has 2 fully saturated rings. The van der Waals surface area contributed by atoms with Crippen molar-refractivity contribution >= 4 is 21.5 Å². The van der Waals surface area contributed by atoms with Crippen LogP contribution in [0, 0.1) is 5.92 Å². The summed E-state index contributed by atoms with van der Waals surface area (Å²) in [6.45, 7) is 0. The van der Waals surface area contributed by atoms with Crippen molar-refractivity contribution < 1.29 is 13.2 Å². The van der Waals surface area contributed by atoms with Gasteiger partial charge in [0.15, 0.2) is 9.84 Å². The standard InChI is InChI=1S/C18H24N2O3S/c21-18(12-14-10-11-24(22,23)13-14)20-19-17-9-5-4-8-16(17)15-6-2-1-3-7-15/h1-3,6-7,14,16H,4-5,8-13H2,(H,20,21)/b19-17-/t14-,16+/m1/s1. The van der Waals surface area contributed by atoms with E-state index in [4.69, 9.17) is 0 Å². The molecule has 1 N–H and O–H groups in total. The van der Waals surface area contributed by atoms with Crippen molar-refractivity contribution in [3.63, 3.8) is 0 Å². The molecule has 1 aromatic rings. The Morgan fingerprint density at radius 3 is 2.67 bits per heavy atom. The first-order chi connectivity index (χ1) is 11.5. The average Bonchev–Trinajstić information content (AvgIpc) is 2.92. The molecule has 0 spiro atoms. The number of carbonyl (C=O) groups excluding carboxylic acids is 1. The van der Waals surface area contributed by atoms with Gasteiger partial charge in [-0.25, -0.2) is 13.8 Å². The maximum Gasteiger partial charge on any atom is 0.240 e. The Labute approximate surface area is 143 Å². The monoisotopic (exact) mass is 348 g/mol. The first-order valence-electron chi connectivity index (χ1n) is 8.64. The Hall–Kier alpha value is -1.69. The van der Waals surface area contributed by atoms with Gasteiger partial charge in [0.25, 0.3) is 0 Å². The third-order valence-electron chi connectivity index (χ3n) is 4.90. The molecule has 0 aromatic heterocycles. The van der Waals surface area contributed by atoms with Crippen LogP contribution in [0.5, 0.6) is 0 Å². The van der Waals surface area contributed by atoms with Gasteiger partial charge in [0.1, 0.15) is 0 Å². The first-order valence-corrected chi connectivity index (χ1v) is 10.5. The van der Waals surface area contributed by atoms with Gasteiger partial charge >= 0.3 is 0 Å². The van der Waals surface area contributed by atoms with Crippen LogP contribution in [0.15, 0.2) is 35.4 Å². The smallest absolute Gasteiger partial charge is 0.240 e. The van der Waals surface area contributed by atoms with Gasteiger partial charge in [0.05, 0.1) is 11.5 Å². The van der Waals surface area contributed by atoms with E-state index in [-0.39, 0.29) is 35.7 Å². The lowest BCUT2D eigenvalue weighted by atomic mass is 9.82. The molecule has 6 heteroatoms. The first kappa shape index (κ1) is 17.1. The van der Waals surface area contributed by atoms with Crippen LogP contribution < -0.4 is 5.43 Å². The topological polar surface area (TPSA) is 75.6 Å². The summed E-state index contributed by atoms with van der Waals surface area (Å²) in [6, 6.07) is 10.3. The van der Waals surface area contributed by atoms with Crippen LogP contribution in [0.1, 0.15) is 50.0 Å². The zero-order valence-electron chi connectivity index (χ0n) is 13.8. The molecule has 2 aliphatic rings. The predicted octanol–water partition coefficient (Wildman–Crippen LogP) is 2.64. The fourth-order valence-corrected chi connectivity index (χ4v) is 5.51. The summed E-state index contributed by atoms with van der Waals surface area (Å²) >= 11 is 0. The number of amides is 1. The van der Waals surface area contributed by atoms with E-state index < -0.39 is 9.84 Å². The highest BCUT2D eigenvalue weighted by atomic mass is 32.2. The van der Waals surface area contributed by atoms with Crippen molar-refractivity contribution in [2.75, 3.05) is 11.5 Å². The Morgan fingerprint density at radius 2 is 1.96 bits per heavy atom. The number of hydrogen-bond donors (Lipinski definition) is 1. The molecule has 1 aliphatic heterocycles. The lowest BCUT2D eigenvalue weighted by Gasteiger charge is -2.24. The van der Waals surface area contributed by atoms with Crippen LogP contribution in [0.2, 0.25) is 0 Å². The summed E-state index contributed by atoms with van der Waals surface area (Å²) in [7, 11) is -2.94. The zero-order chi connectivity index (χ0) is 17.0. The van der Waals surface area contributed by atoms with Crippen molar-refractivity contribution in [1.29, 1.82) is 0 Å². The van der Waals surface area contributed by atoms with E-state index in [9.17, 15) is 13.2 Å². The van der Waals surface area contributed by atoms with E-state index in [0.29, 0.717) is 6.42 Å². The molecule has 130 valence electrons. The largest absolute Gasteiger partial charge is 0.273 e. The second-order valence-electron chi connectivity index (χ2n) is 6.82. The minimum Gasteiger partial charge on any atom is -0.273 e. The van der Waals surface area contributed by atoms with Crippen molar-refractivity contribution in [2.45, 2.75) is 44.4 Å². The number of hydrazone groups is 1. The number of hydrogen-bond acceptors (Lipinski definition) is 4. The summed E-state index contributed by atoms with van der Waals surface area (Å²) in [5.74, 6) is 0.361. The normalized spacial score (nSPS) is 27.9. The molecule has 1 aromatic carbocycles. The van der Waals surface area contributed by atoms with Crippen LogP contribution in [-0.2, 0) is 14.6 Å². The Bertz CT molecular complexity index is 713. The van der Waals surface area contributed by atoms with Crippen LogP contribution in [0.3, 0.4) is 0 Å². The number of rotatable bonds is 4. The number of carbonyl (C=O) groups is 1. The zero-order valence-corrected chi connectivity index (χ0v) is 14.6. The summed E-state index contributed by atoms with van der Waals surface area (Å²) in [5, 5.41) is 4.39. The van der Waals surface area contributed by atoms with Gasteiger partial charge < -0.3 is 0 Å². The molecule has 1 amide bonds. The molecule has 0 unspecified atom stereocenters. The summed E-state index contributed by atoms with van der Waals surface area (Å²) in [4.78, 5) is 12.1. The second-order valence-corrected chi connectivity index (χ2v) is 9.05. The Balaban J connectivity index is 1.60. The molecule has 1 heterocycles. The molecule has 24 heavy (non-hydrogen) atoms. The van der Waals surface area contributed by atoms with Gasteiger partial charge in [-0.2, -0.15) is 5.10 Å². The number of nitrogens with zero attached hydrogens (tertiary/aromatic N) is 1. The van der Waals surface area contributed by atoms with E-state index >= 15 is 0 Å². The average molecular weight is 348 g/mol. The summed E-state index contributed by atoms with van der Waals surface area (Å²) in [5.41, 5.74) is 4.93. The van der Waals surface area contributed by atoms with E-state index in [1.54, 1.807) is 0 Å². The quantitative estimate of drug-likeness (QED) is 0.850. The third kappa shape index (κ3) is 4.44. The molecular weight excluding hydrogens is 324 g/mol. The number of nitrogens with one attached hydrogen (secondary N) is 1. The fourth-order valence-electron chi connectivity index (χ4n) is 3.65. The van der Waals surface area contributed by atoms with Crippen molar-refractivity contribution in [1.82, 2.24) is 5.43 Å². The fraction of sp³-hybridized carbons (Fsp3) is 0.556. The summed E-state index contributed by atoms with van der Waals surface area (Å²) in [6.07, 6.45) is 5.05. The van der Waals surface area contributed by atoms with Gasteiger partial charge in [0, 0.05) is 18.1 Å². The van der Waals surface area contributed by atoms with Crippen LogP contribution in [-0.4, -0.2) is 31.5 Å². The second kappa shape index (κ2) is 7.47. The lowest BCUT2D eigenvalue weighted by Crippen LogP contribution is -2.26. The number of sulfone groups is 1. The molecule has 1 saturated heterocycles. The molecule has 1 saturated carbocycles. The maximum absolute atomic E-state index is 12.1. The molecule has 2 atom stereocenters. The highest BCUT2D eigenvalue weighted by Gasteiger charge is 2.29. The minimum atomic E-state index is -2.94.